The minimum atomic E-state index is 0. The van der Waals surface area contributed by atoms with Gasteiger partial charge in [-0.25, -0.2) is 0 Å². The van der Waals surface area contributed by atoms with Gasteiger partial charge in [0.25, 0.3) is 0 Å². The summed E-state index contributed by atoms with van der Waals surface area (Å²) in [6.45, 7) is 8.61. The number of aliphatic imine (C=N–C) groups is 1. The number of fused-ring (bicyclic) bond motifs is 1. The number of likely N-dealkylation sites (tertiary alicyclic amines) is 1. The number of halogens is 1. The van der Waals surface area contributed by atoms with Crippen LogP contribution in [0.4, 0.5) is 5.69 Å². The van der Waals surface area contributed by atoms with Gasteiger partial charge in [-0.1, -0.05) is 0 Å². The van der Waals surface area contributed by atoms with Gasteiger partial charge in [-0.05, 0) is 63.9 Å². The Bertz CT molecular complexity index is 686. The van der Waals surface area contributed by atoms with E-state index in [1.54, 1.807) is 7.11 Å². The first-order valence-electron chi connectivity index (χ1n) is 12.1. The SMILES string of the molecule is COCCOCCCN=C(NCCCCN1CCCC1)Nc1ccc2c(c1)OCCCO2.I. The van der Waals surface area contributed by atoms with Crippen molar-refractivity contribution in [2.24, 2.45) is 4.99 Å². The fourth-order valence-corrected chi connectivity index (χ4v) is 3.79. The fraction of sp³-hybridized carbons (Fsp3) is 0.708. The molecule has 1 aromatic carbocycles. The van der Waals surface area contributed by atoms with Gasteiger partial charge in [0.1, 0.15) is 0 Å². The molecular weight excluding hydrogens is 535 g/mol. The molecule has 0 aliphatic carbocycles. The van der Waals surface area contributed by atoms with E-state index in [4.69, 9.17) is 23.9 Å². The molecule has 3 rings (SSSR count). The molecule has 1 aromatic rings. The van der Waals surface area contributed by atoms with Crippen molar-refractivity contribution in [1.82, 2.24) is 10.2 Å². The standard InChI is InChI=1S/C24H40N4O4.HI/c1-29-18-19-30-15-6-11-26-24(25-10-2-3-12-28-13-4-5-14-28)27-21-8-9-22-23(20-21)32-17-7-16-31-22;/h8-9,20H,2-7,10-19H2,1H3,(H2,25,26,27);1H. The van der Waals surface area contributed by atoms with Crippen LogP contribution in [0.1, 0.15) is 38.5 Å². The predicted octanol–water partition coefficient (Wildman–Crippen LogP) is 3.75. The zero-order chi connectivity index (χ0) is 22.3. The summed E-state index contributed by atoms with van der Waals surface area (Å²) in [7, 11) is 1.68. The average molecular weight is 577 g/mol. The Morgan fingerprint density at radius 3 is 2.64 bits per heavy atom. The van der Waals surface area contributed by atoms with Crippen molar-refractivity contribution >= 4 is 35.6 Å². The Morgan fingerprint density at radius 2 is 1.82 bits per heavy atom. The van der Waals surface area contributed by atoms with Crippen molar-refractivity contribution in [1.29, 1.82) is 0 Å². The van der Waals surface area contributed by atoms with Gasteiger partial charge in [0.05, 0.1) is 26.4 Å². The molecule has 9 heteroatoms. The maximum atomic E-state index is 5.82. The number of ether oxygens (including phenoxy) is 4. The normalized spacial score (nSPS) is 16.2. The molecule has 8 nitrogen and oxygen atoms in total. The van der Waals surface area contributed by atoms with Crippen LogP contribution >= 0.6 is 24.0 Å². The maximum Gasteiger partial charge on any atom is 0.195 e. The van der Waals surface area contributed by atoms with Crippen LogP contribution in [0.15, 0.2) is 23.2 Å². The molecular formula is C24H41IN4O4. The Labute approximate surface area is 215 Å². The largest absolute Gasteiger partial charge is 0.490 e. The Balaban J connectivity index is 0.00000385. The zero-order valence-corrected chi connectivity index (χ0v) is 22.3. The average Bonchev–Trinajstić information content (AvgIpc) is 3.21. The Kier molecular flexibility index (Phi) is 14.5. The first kappa shape index (κ1) is 27.9. The molecule has 2 heterocycles. The Hall–Kier alpha value is -1.30. The molecule has 33 heavy (non-hydrogen) atoms. The number of nitrogens with one attached hydrogen (secondary N) is 2. The van der Waals surface area contributed by atoms with E-state index in [0.717, 1.165) is 49.0 Å². The third-order valence-electron chi connectivity index (χ3n) is 5.55. The summed E-state index contributed by atoms with van der Waals surface area (Å²) in [5.41, 5.74) is 0.939. The lowest BCUT2D eigenvalue weighted by atomic mass is 10.2. The number of benzene rings is 1. The Morgan fingerprint density at radius 1 is 1.00 bits per heavy atom. The number of unbranched alkanes of at least 4 members (excludes halogenated alkanes) is 1. The van der Waals surface area contributed by atoms with E-state index in [1.807, 2.05) is 18.2 Å². The number of methoxy groups -OCH3 is 1. The number of nitrogens with zero attached hydrogens (tertiary/aromatic N) is 2. The molecule has 0 saturated carbocycles. The van der Waals surface area contributed by atoms with Crippen LogP contribution in [0, 0.1) is 0 Å². The van der Waals surface area contributed by atoms with Crippen LogP contribution in [0.2, 0.25) is 0 Å². The van der Waals surface area contributed by atoms with E-state index in [9.17, 15) is 0 Å². The summed E-state index contributed by atoms with van der Waals surface area (Å²) >= 11 is 0. The van der Waals surface area contributed by atoms with Crippen molar-refractivity contribution in [3.8, 4) is 11.5 Å². The van der Waals surface area contributed by atoms with Crippen molar-refractivity contribution in [3.05, 3.63) is 18.2 Å². The predicted molar refractivity (Wildman–Crippen MR) is 144 cm³/mol. The summed E-state index contributed by atoms with van der Waals surface area (Å²) < 4.78 is 22.1. The minimum Gasteiger partial charge on any atom is -0.490 e. The molecule has 0 amide bonds. The molecule has 0 radical (unpaired) electrons. The van der Waals surface area contributed by atoms with Gasteiger partial charge in [0.2, 0.25) is 0 Å². The van der Waals surface area contributed by atoms with Gasteiger partial charge in [0.15, 0.2) is 17.5 Å². The van der Waals surface area contributed by atoms with Crippen molar-refractivity contribution in [2.45, 2.75) is 38.5 Å². The molecule has 1 fully saturated rings. The summed E-state index contributed by atoms with van der Waals surface area (Å²) in [6, 6.07) is 5.95. The smallest absolute Gasteiger partial charge is 0.195 e. The van der Waals surface area contributed by atoms with Crippen LogP contribution < -0.4 is 20.1 Å². The van der Waals surface area contributed by atoms with Crippen molar-refractivity contribution < 1.29 is 18.9 Å². The van der Waals surface area contributed by atoms with Crippen molar-refractivity contribution in [2.75, 3.05) is 78.2 Å². The summed E-state index contributed by atoms with van der Waals surface area (Å²) in [5, 5.41) is 6.91. The highest BCUT2D eigenvalue weighted by Gasteiger charge is 2.12. The van der Waals surface area contributed by atoms with Gasteiger partial charge >= 0.3 is 0 Å². The van der Waals surface area contributed by atoms with Crippen LogP contribution in [0.3, 0.4) is 0 Å². The molecule has 188 valence electrons. The number of anilines is 1. The first-order valence-corrected chi connectivity index (χ1v) is 12.1. The van der Waals surface area contributed by atoms with Gasteiger partial charge in [-0.15, -0.1) is 24.0 Å². The monoisotopic (exact) mass is 576 g/mol. The molecule has 1 saturated heterocycles. The lowest BCUT2D eigenvalue weighted by Crippen LogP contribution is -2.32. The van der Waals surface area contributed by atoms with Crippen LogP contribution in [-0.4, -0.2) is 83.7 Å². The lowest BCUT2D eigenvalue weighted by molar-refractivity contribution is 0.0702. The first-order chi connectivity index (χ1) is 15.8. The molecule has 2 N–H and O–H groups in total. The number of hydrogen-bond donors (Lipinski definition) is 2. The molecule has 2 aliphatic heterocycles. The van der Waals surface area contributed by atoms with E-state index in [1.165, 1.54) is 38.9 Å². The van der Waals surface area contributed by atoms with Crippen LogP contribution in [0.5, 0.6) is 11.5 Å². The number of hydrogen-bond acceptors (Lipinski definition) is 6. The molecule has 0 unspecified atom stereocenters. The van der Waals surface area contributed by atoms with Gasteiger partial charge < -0.3 is 34.5 Å². The quantitative estimate of drug-likeness (QED) is 0.160. The fourth-order valence-electron chi connectivity index (χ4n) is 3.79. The highest BCUT2D eigenvalue weighted by Crippen LogP contribution is 2.32. The second kappa shape index (κ2) is 17.2. The summed E-state index contributed by atoms with van der Waals surface area (Å²) in [5.74, 6) is 2.37. The third-order valence-corrected chi connectivity index (χ3v) is 5.55. The second-order valence-corrected chi connectivity index (χ2v) is 8.21. The van der Waals surface area contributed by atoms with Gasteiger partial charge in [-0.2, -0.15) is 0 Å². The molecule has 0 spiro atoms. The lowest BCUT2D eigenvalue weighted by Gasteiger charge is -2.16. The highest BCUT2D eigenvalue weighted by molar-refractivity contribution is 14.0. The third kappa shape index (κ3) is 11.1. The van der Waals surface area contributed by atoms with E-state index < -0.39 is 0 Å². The molecule has 2 aliphatic rings. The molecule has 0 atom stereocenters. The minimum absolute atomic E-state index is 0. The maximum absolute atomic E-state index is 5.82. The van der Waals surface area contributed by atoms with E-state index >= 15 is 0 Å². The van der Waals surface area contributed by atoms with Gasteiger partial charge in [-0.3, -0.25) is 4.99 Å². The van der Waals surface area contributed by atoms with E-state index in [0.29, 0.717) is 39.6 Å². The summed E-state index contributed by atoms with van der Waals surface area (Å²) in [6.07, 6.45) is 6.80. The van der Waals surface area contributed by atoms with Crippen LogP contribution in [0.25, 0.3) is 0 Å². The number of guanidine groups is 1. The van der Waals surface area contributed by atoms with Crippen LogP contribution in [-0.2, 0) is 9.47 Å². The second-order valence-electron chi connectivity index (χ2n) is 8.21. The molecule has 0 aromatic heterocycles. The highest BCUT2D eigenvalue weighted by atomic mass is 127. The summed E-state index contributed by atoms with van der Waals surface area (Å²) in [4.78, 5) is 7.31. The van der Waals surface area contributed by atoms with E-state index in [2.05, 4.69) is 15.5 Å². The zero-order valence-electron chi connectivity index (χ0n) is 20.0. The number of rotatable bonds is 13. The topological polar surface area (TPSA) is 76.6 Å². The molecule has 0 bridgehead atoms. The van der Waals surface area contributed by atoms with E-state index in [-0.39, 0.29) is 24.0 Å². The van der Waals surface area contributed by atoms with Gasteiger partial charge in [0, 0.05) is 45.0 Å². The van der Waals surface area contributed by atoms with Crippen molar-refractivity contribution in [3.63, 3.8) is 0 Å².